The molecule has 0 aliphatic carbocycles. The van der Waals surface area contributed by atoms with E-state index in [2.05, 4.69) is 14.7 Å². The average molecular weight is 441 g/mol. The fourth-order valence-corrected chi connectivity index (χ4v) is 3.86. The van der Waals surface area contributed by atoms with Gasteiger partial charge in [0, 0.05) is 22.9 Å². The van der Waals surface area contributed by atoms with E-state index in [1.165, 1.54) is 30.3 Å². The molecule has 0 radical (unpaired) electrons. The van der Waals surface area contributed by atoms with Crippen LogP contribution in [0.2, 0.25) is 0 Å². The third-order valence-corrected chi connectivity index (χ3v) is 5.46. The summed E-state index contributed by atoms with van der Waals surface area (Å²) in [6.07, 6.45) is 2.62. The summed E-state index contributed by atoms with van der Waals surface area (Å²) < 4.78 is 43.6. The van der Waals surface area contributed by atoms with Gasteiger partial charge in [-0.1, -0.05) is 24.3 Å². The topological polar surface area (TPSA) is 82.4 Å². The lowest BCUT2D eigenvalue weighted by atomic mass is 9.81. The molecule has 0 spiro atoms. The minimum absolute atomic E-state index is 0.00855. The van der Waals surface area contributed by atoms with E-state index >= 15 is 0 Å². The van der Waals surface area contributed by atoms with Gasteiger partial charge in [0.15, 0.2) is 0 Å². The Balaban J connectivity index is 1.90. The molecule has 32 heavy (non-hydrogen) atoms. The Morgan fingerprint density at radius 2 is 1.84 bits per heavy atom. The normalized spacial score (nSPS) is 18.2. The van der Waals surface area contributed by atoms with Crippen molar-refractivity contribution >= 4 is 11.9 Å². The van der Waals surface area contributed by atoms with E-state index in [0.717, 1.165) is 6.20 Å². The molecule has 1 atom stereocenters. The number of aromatic nitrogens is 1. The van der Waals surface area contributed by atoms with E-state index in [0.29, 0.717) is 27.8 Å². The van der Waals surface area contributed by atoms with Crippen LogP contribution in [-0.4, -0.2) is 35.4 Å². The summed E-state index contributed by atoms with van der Waals surface area (Å²) >= 11 is 0. The Labute approximate surface area is 182 Å². The van der Waals surface area contributed by atoms with Crippen LogP contribution in [0.5, 0.6) is 5.75 Å². The summed E-state index contributed by atoms with van der Waals surface area (Å²) in [5, 5.41) is 0. The summed E-state index contributed by atoms with van der Waals surface area (Å²) in [7, 11) is 1.54. The van der Waals surface area contributed by atoms with Gasteiger partial charge >= 0.3 is 18.5 Å². The summed E-state index contributed by atoms with van der Waals surface area (Å²) in [6, 6.07) is 12.9. The maximum absolute atomic E-state index is 13.7. The quantitative estimate of drug-likeness (QED) is 0.634. The molecule has 1 amide bonds. The molecule has 2 heterocycles. The number of ether oxygens (including phenoxy) is 1. The third-order valence-electron chi connectivity index (χ3n) is 5.46. The number of halogens is 3. The molecule has 0 bridgehead atoms. The first-order valence-electron chi connectivity index (χ1n) is 9.68. The van der Waals surface area contributed by atoms with Crippen molar-refractivity contribution in [3.63, 3.8) is 0 Å². The zero-order chi connectivity index (χ0) is 23.0. The highest BCUT2D eigenvalue weighted by molar-refractivity contribution is 6.03. The summed E-state index contributed by atoms with van der Waals surface area (Å²) in [6.45, 7) is -1.36. The Morgan fingerprint density at radius 3 is 2.47 bits per heavy atom. The Hall–Kier alpha value is -3.88. The predicted octanol–water partition coefficient (Wildman–Crippen LogP) is 1.91. The first-order valence-corrected chi connectivity index (χ1v) is 9.68. The van der Waals surface area contributed by atoms with Gasteiger partial charge in [0.1, 0.15) is 11.6 Å². The smallest absolute Gasteiger partial charge is 0.387 e. The molecule has 3 N–H and O–H groups in total. The lowest BCUT2D eigenvalue weighted by Crippen LogP contribution is -2.85. The first-order chi connectivity index (χ1) is 15.2. The van der Waals surface area contributed by atoms with Crippen LogP contribution in [0.3, 0.4) is 0 Å². The number of pyridine rings is 1. The fourth-order valence-electron chi connectivity index (χ4n) is 3.86. The molecule has 4 rings (SSSR count). The lowest BCUT2D eigenvalue weighted by Gasteiger charge is -2.25. The lowest BCUT2D eigenvalue weighted by molar-refractivity contribution is -0.525. The minimum atomic E-state index is -2.97. The van der Waals surface area contributed by atoms with Crippen molar-refractivity contribution in [1.29, 1.82) is 0 Å². The third kappa shape index (κ3) is 3.55. The standard InChI is InChI=1S/C23H19F3N4O2/c1-13-8-17(6-7-19(13)32-21(25)26)23(20(31)30(2)22(27)29-23)16-5-3-4-14(9-16)15-10-18(24)12-28-11-15/h3-12,21H,1-2H3,(H2,27,29)/p+1. The largest absolute Gasteiger partial charge is 0.435 e. The van der Waals surface area contributed by atoms with Gasteiger partial charge in [-0.05, 0) is 42.3 Å². The molecule has 9 heteroatoms. The van der Waals surface area contributed by atoms with Gasteiger partial charge in [-0.3, -0.25) is 20.5 Å². The van der Waals surface area contributed by atoms with Gasteiger partial charge < -0.3 is 4.74 Å². The number of amides is 1. The van der Waals surface area contributed by atoms with Crippen molar-refractivity contribution in [1.82, 2.24) is 9.88 Å². The highest BCUT2D eigenvalue weighted by Crippen LogP contribution is 2.34. The Kier molecular flexibility index (Phi) is 5.33. The molecule has 0 saturated carbocycles. The van der Waals surface area contributed by atoms with Crippen LogP contribution >= 0.6 is 0 Å². The number of nitrogens with zero attached hydrogens (tertiary/aromatic N) is 2. The Morgan fingerprint density at radius 1 is 1.09 bits per heavy atom. The summed E-state index contributed by atoms with van der Waals surface area (Å²) in [5.74, 6) is -0.695. The molecule has 2 aromatic carbocycles. The summed E-state index contributed by atoms with van der Waals surface area (Å²) in [5.41, 5.74) is 7.27. The number of likely N-dealkylation sites (N-methyl/N-ethyl adjacent to an activating group) is 1. The van der Waals surface area contributed by atoms with E-state index in [9.17, 15) is 18.0 Å². The van der Waals surface area contributed by atoms with E-state index in [-0.39, 0.29) is 17.6 Å². The highest BCUT2D eigenvalue weighted by Gasteiger charge is 2.54. The maximum atomic E-state index is 13.7. The van der Waals surface area contributed by atoms with Crippen molar-refractivity contribution < 1.29 is 27.7 Å². The molecular weight excluding hydrogens is 421 g/mol. The van der Waals surface area contributed by atoms with Crippen molar-refractivity contribution in [3.05, 3.63) is 83.4 Å². The number of guanidine groups is 1. The van der Waals surface area contributed by atoms with Crippen LogP contribution in [0.1, 0.15) is 16.7 Å². The fraction of sp³-hybridized carbons (Fsp3) is 0.174. The number of benzene rings is 2. The number of nitrogens with two attached hydrogens (primary N) is 1. The number of hydrogen-bond acceptors (Lipinski definition) is 4. The van der Waals surface area contributed by atoms with Crippen molar-refractivity contribution in [2.75, 3.05) is 7.05 Å². The number of aryl methyl sites for hydroxylation is 1. The summed E-state index contributed by atoms with van der Waals surface area (Å²) in [4.78, 5) is 21.7. The van der Waals surface area contributed by atoms with Gasteiger partial charge in [-0.2, -0.15) is 8.78 Å². The van der Waals surface area contributed by atoms with Gasteiger partial charge in [0.2, 0.25) is 5.54 Å². The number of alkyl halides is 2. The molecule has 0 fully saturated rings. The van der Waals surface area contributed by atoms with Crippen molar-refractivity contribution in [2.45, 2.75) is 19.1 Å². The SMILES string of the molecule is Cc1cc(C2(c3cccc(-c4cncc(F)c4)c3)[NH+]=C(N)N(C)C2=O)ccc1OC(F)F. The first kappa shape index (κ1) is 21.4. The van der Waals surface area contributed by atoms with Crippen LogP contribution in [-0.2, 0) is 10.3 Å². The zero-order valence-electron chi connectivity index (χ0n) is 17.3. The van der Waals surface area contributed by atoms with Crippen LogP contribution in [0.25, 0.3) is 11.1 Å². The second-order valence-electron chi connectivity index (χ2n) is 7.46. The number of rotatable bonds is 5. The highest BCUT2D eigenvalue weighted by atomic mass is 19.3. The van der Waals surface area contributed by atoms with Gasteiger partial charge in [0.05, 0.1) is 13.2 Å². The second kappa shape index (κ2) is 7.99. The number of carbonyl (C=O) groups excluding carboxylic acids is 1. The predicted molar refractivity (Wildman–Crippen MR) is 111 cm³/mol. The molecule has 1 aromatic heterocycles. The molecule has 0 saturated heterocycles. The molecular formula is C23H20F3N4O2+. The second-order valence-corrected chi connectivity index (χ2v) is 7.46. The average Bonchev–Trinajstić information content (AvgIpc) is 3.00. The molecule has 6 nitrogen and oxygen atoms in total. The monoisotopic (exact) mass is 441 g/mol. The van der Waals surface area contributed by atoms with Gasteiger partial charge in [0.25, 0.3) is 0 Å². The number of nitrogens with one attached hydrogen (secondary N) is 1. The van der Waals surface area contributed by atoms with Gasteiger partial charge in [-0.15, -0.1) is 0 Å². The van der Waals surface area contributed by atoms with E-state index < -0.39 is 18.0 Å². The van der Waals surface area contributed by atoms with Crippen LogP contribution in [0.4, 0.5) is 13.2 Å². The van der Waals surface area contributed by atoms with Crippen LogP contribution in [0.15, 0.2) is 60.9 Å². The Bertz CT molecular complexity index is 1230. The molecule has 164 valence electrons. The number of hydrogen-bond donors (Lipinski definition) is 2. The van der Waals surface area contributed by atoms with Crippen LogP contribution in [0, 0.1) is 12.7 Å². The van der Waals surface area contributed by atoms with Gasteiger partial charge in [-0.25, -0.2) is 9.29 Å². The van der Waals surface area contributed by atoms with E-state index in [1.807, 2.05) is 0 Å². The van der Waals surface area contributed by atoms with E-state index in [1.54, 1.807) is 43.3 Å². The maximum Gasteiger partial charge on any atom is 0.387 e. The number of carbonyl (C=O) groups is 1. The van der Waals surface area contributed by atoms with Crippen LogP contribution < -0.4 is 15.5 Å². The molecule has 1 aliphatic heterocycles. The molecule has 1 unspecified atom stereocenters. The van der Waals surface area contributed by atoms with Crippen molar-refractivity contribution in [2.24, 2.45) is 5.73 Å². The van der Waals surface area contributed by atoms with Crippen molar-refractivity contribution in [3.8, 4) is 16.9 Å². The zero-order valence-corrected chi connectivity index (χ0v) is 17.3. The molecule has 1 aliphatic rings. The minimum Gasteiger partial charge on any atom is -0.435 e. The molecule has 3 aromatic rings. The van der Waals surface area contributed by atoms with E-state index in [4.69, 9.17) is 5.73 Å².